The lowest BCUT2D eigenvalue weighted by atomic mass is 10.0. The zero-order valence-electron chi connectivity index (χ0n) is 9.17. The molecule has 82 valence electrons. The zero-order valence-corrected chi connectivity index (χ0v) is 9.17. The van der Waals surface area contributed by atoms with E-state index in [1.807, 2.05) is 48.5 Å². The fourth-order valence-electron chi connectivity index (χ4n) is 2.01. The molecule has 1 heterocycles. The molecule has 3 rings (SSSR count). The van der Waals surface area contributed by atoms with Crippen LogP contribution in [0.4, 0.5) is 0 Å². The monoisotopic (exact) mass is 221 g/mol. The van der Waals surface area contributed by atoms with Crippen molar-refractivity contribution in [1.29, 1.82) is 0 Å². The van der Waals surface area contributed by atoms with Gasteiger partial charge in [-0.15, -0.1) is 0 Å². The highest BCUT2D eigenvalue weighted by Gasteiger charge is 2.08. The third-order valence-electron chi connectivity index (χ3n) is 2.83. The first-order chi connectivity index (χ1) is 8.36. The molecule has 3 aromatic rings. The molecule has 0 aliphatic rings. The number of aromatic hydroxyl groups is 1. The van der Waals surface area contributed by atoms with E-state index in [2.05, 4.69) is 4.98 Å². The molecule has 0 aliphatic carbocycles. The van der Waals surface area contributed by atoms with Crippen molar-refractivity contribution in [2.45, 2.75) is 0 Å². The van der Waals surface area contributed by atoms with Crippen molar-refractivity contribution in [2.75, 3.05) is 0 Å². The summed E-state index contributed by atoms with van der Waals surface area (Å²) in [6, 6.07) is 17.3. The van der Waals surface area contributed by atoms with Gasteiger partial charge in [-0.25, -0.2) is 0 Å². The van der Waals surface area contributed by atoms with Gasteiger partial charge in [-0.3, -0.25) is 4.98 Å². The SMILES string of the molecule is Oc1ccccc1-c1nccc2ccccc12. The fourth-order valence-corrected chi connectivity index (χ4v) is 2.01. The second kappa shape index (κ2) is 3.91. The Kier molecular flexibility index (Phi) is 2.26. The van der Waals surface area contributed by atoms with Gasteiger partial charge in [0.2, 0.25) is 0 Å². The van der Waals surface area contributed by atoms with Gasteiger partial charge in [0, 0.05) is 17.1 Å². The first-order valence-corrected chi connectivity index (χ1v) is 5.48. The minimum Gasteiger partial charge on any atom is -0.507 e. The molecule has 0 saturated carbocycles. The smallest absolute Gasteiger partial charge is 0.124 e. The van der Waals surface area contributed by atoms with Crippen LogP contribution in [0.2, 0.25) is 0 Å². The molecule has 0 amide bonds. The van der Waals surface area contributed by atoms with E-state index in [4.69, 9.17) is 0 Å². The molecule has 0 atom stereocenters. The summed E-state index contributed by atoms with van der Waals surface area (Å²) in [5.74, 6) is 0.261. The number of pyridine rings is 1. The molecular formula is C15H11NO. The van der Waals surface area contributed by atoms with Crippen LogP contribution in [0.5, 0.6) is 5.75 Å². The molecule has 0 aliphatic heterocycles. The summed E-state index contributed by atoms with van der Waals surface area (Å²) in [6.07, 6.45) is 1.77. The first-order valence-electron chi connectivity index (χ1n) is 5.48. The quantitative estimate of drug-likeness (QED) is 0.681. The van der Waals surface area contributed by atoms with E-state index in [-0.39, 0.29) is 5.75 Å². The molecule has 2 aromatic carbocycles. The standard InChI is InChI=1S/C15H11NO/c17-14-8-4-3-7-13(14)15-12-6-2-1-5-11(12)9-10-16-15/h1-10,17H. The lowest BCUT2D eigenvalue weighted by Crippen LogP contribution is -1.86. The van der Waals surface area contributed by atoms with Gasteiger partial charge in [0.25, 0.3) is 0 Å². The predicted molar refractivity (Wildman–Crippen MR) is 68.8 cm³/mol. The van der Waals surface area contributed by atoms with Crippen LogP contribution in [0.15, 0.2) is 60.8 Å². The summed E-state index contributed by atoms with van der Waals surface area (Å²) >= 11 is 0. The maximum Gasteiger partial charge on any atom is 0.124 e. The van der Waals surface area contributed by atoms with Crippen molar-refractivity contribution >= 4 is 10.8 Å². The number of phenols is 1. The summed E-state index contributed by atoms with van der Waals surface area (Å²) in [7, 11) is 0. The van der Waals surface area contributed by atoms with Crippen molar-refractivity contribution in [2.24, 2.45) is 0 Å². The molecule has 2 nitrogen and oxygen atoms in total. The molecule has 0 radical (unpaired) electrons. The highest BCUT2D eigenvalue weighted by molar-refractivity contribution is 5.95. The van der Waals surface area contributed by atoms with Gasteiger partial charge in [-0.2, -0.15) is 0 Å². The average molecular weight is 221 g/mol. The Hall–Kier alpha value is -2.35. The van der Waals surface area contributed by atoms with Gasteiger partial charge < -0.3 is 5.11 Å². The number of phenolic OH excluding ortho intramolecular Hbond substituents is 1. The normalized spacial score (nSPS) is 10.6. The van der Waals surface area contributed by atoms with E-state index >= 15 is 0 Å². The number of hydrogen-bond donors (Lipinski definition) is 1. The van der Waals surface area contributed by atoms with Crippen molar-refractivity contribution in [3.8, 4) is 17.0 Å². The van der Waals surface area contributed by atoms with Crippen molar-refractivity contribution in [1.82, 2.24) is 4.98 Å². The Morgan fingerprint density at radius 3 is 2.47 bits per heavy atom. The van der Waals surface area contributed by atoms with E-state index in [0.717, 1.165) is 22.0 Å². The summed E-state index contributed by atoms with van der Waals surface area (Å²) in [5, 5.41) is 12.1. The van der Waals surface area contributed by atoms with Crippen molar-refractivity contribution in [3.05, 3.63) is 60.8 Å². The summed E-state index contributed by atoms with van der Waals surface area (Å²) in [6.45, 7) is 0. The molecule has 1 N–H and O–H groups in total. The van der Waals surface area contributed by atoms with Crippen LogP contribution >= 0.6 is 0 Å². The van der Waals surface area contributed by atoms with Gasteiger partial charge in [0.15, 0.2) is 0 Å². The Morgan fingerprint density at radius 2 is 1.59 bits per heavy atom. The molecule has 1 aromatic heterocycles. The fraction of sp³-hybridized carbons (Fsp3) is 0. The van der Waals surface area contributed by atoms with E-state index < -0.39 is 0 Å². The molecular weight excluding hydrogens is 210 g/mol. The number of aromatic nitrogens is 1. The van der Waals surface area contributed by atoms with Crippen LogP contribution < -0.4 is 0 Å². The number of hydrogen-bond acceptors (Lipinski definition) is 2. The molecule has 17 heavy (non-hydrogen) atoms. The molecule has 2 heteroatoms. The molecule has 0 saturated heterocycles. The van der Waals surface area contributed by atoms with Gasteiger partial charge >= 0.3 is 0 Å². The van der Waals surface area contributed by atoms with Crippen molar-refractivity contribution < 1.29 is 5.11 Å². The Labute approximate surface area is 99.2 Å². The lowest BCUT2D eigenvalue weighted by Gasteiger charge is -2.07. The maximum absolute atomic E-state index is 9.88. The van der Waals surface area contributed by atoms with E-state index in [1.54, 1.807) is 12.3 Å². The van der Waals surface area contributed by atoms with E-state index in [9.17, 15) is 5.11 Å². The minimum absolute atomic E-state index is 0.261. The molecule has 0 fully saturated rings. The minimum atomic E-state index is 0.261. The topological polar surface area (TPSA) is 33.1 Å². The second-order valence-corrected chi connectivity index (χ2v) is 3.90. The third kappa shape index (κ3) is 1.64. The second-order valence-electron chi connectivity index (χ2n) is 3.90. The van der Waals surface area contributed by atoms with Crippen molar-refractivity contribution in [3.63, 3.8) is 0 Å². The van der Waals surface area contributed by atoms with Gasteiger partial charge in [0.1, 0.15) is 5.75 Å². The Morgan fingerprint density at radius 1 is 0.824 bits per heavy atom. The zero-order chi connectivity index (χ0) is 11.7. The van der Waals surface area contributed by atoms with Gasteiger partial charge in [-0.1, -0.05) is 36.4 Å². The number of para-hydroxylation sites is 1. The highest BCUT2D eigenvalue weighted by atomic mass is 16.3. The van der Waals surface area contributed by atoms with Gasteiger partial charge in [-0.05, 0) is 23.6 Å². The summed E-state index contributed by atoms with van der Waals surface area (Å²) in [4.78, 5) is 4.38. The van der Waals surface area contributed by atoms with Gasteiger partial charge in [0.05, 0.1) is 5.69 Å². The number of fused-ring (bicyclic) bond motifs is 1. The number of rotatable bonds is 1. The van der Waals surface area contributed by atoms with E-state index in [0.29, 0.717) is 0 Å². The molecule has 0 unspecified atom stereocenters. The van der Waals surface area contributed by atoms with E-state index in [1.165, 1.54) is 0 Å². The van der Waals surface area contributed by atoms with Crippen LogP contribution in [0.1, 0.15) is 0 Å². The van der Waals surface area contributed by atoms with Crippen LogP contribution in [0, 0.1) is 0 Å². The van der Waals surface area contributed by atoms with Crippen LogP contribution in [-0.4, -0.2) is 10.1 Å². The van der Waals surface area contributed by atoms with Crippen LogP contribution in [0.25, 0.3) is 22.0 Å². The third-order valence-corrected chi connectivity index (χ3v) is 2.83. The largest absolute Gasteiger partial charge is 0.507 e. The number of nitrogens with zero attached hydrogens (tertiary/aromatic N) is 1. The molecule has 0 spiro atoms. The first kappa shape index (κ1) is 9.85. The average Bonchev–Trinajstić information content (AvgIpc) is 2.39. The highest BCUT2D eigenvalue weighted by Crippen LogP contribution is 2.31. The Balaban J connectivity index is 2.35. The molecule has 0 bridgehead atoms. The predicted octanol–water partition coefficient (Wildman–Crippen LogP) is 3.61. The number of benzene rings is 2. The van der Waals surface area contributed by atoms with Crippen LogP contribution in [0.3, 0.4) is 0 Å². The Bertz CT molecular complexity index is 671. The maximum atomic E-state index is 9.88. The summed E-state index contributed by atoms with van der Waals surface area (Å²) in [5.41, 5.74) is 1.59. The lowest BCUT2D eigenvalue weighted by molar-refractivity contribution is 0.477. The van der Waals surface area contributed by atoms with Crippen LogP contribution in [-0.2, 0) is 0 Å². The summed E-state index contributed by atoms with van der Waals surface area (Å²) < 4.78 is 0.